The Kier molecular flexibility index (Phi) is 4.48. The lowest BCUT2D eigenvalue weighted by molar-refractivity contribution is -0.121. The van der Waals surface area contributed by atoms with Gasteiger partial charge in [0.2, 0.25) is 0 Å². The zero-order valence-electron chi connectivity index (χ0n) is 13.8. The summed E-state index contributed by atoms with van der Waals surface area (Å²) in [6, 6.07) is 16.6. The molecule has 1 aliphatic rings. The molecule has 0 aliphatic carbocycles. The Morgan fingerprint density at radius 3 is 2.08 bits per heavy atom. The molecule has 6 nitrogen and oxygen atoms in total. The lowest BCUT2D eigenvalue weighted by Gasteiger charge is -2.17. The van der Waals surface area contributed by atoms with E-state index in [1.165, 1.54) is 18.2 Å². The van der Waals surface area contributed by atoms with Gasteiger partial charge in [-0.2, -0.15) is 0 Å². The number of hydrogen-bond acceptors (Lipinski definition) is 5. The maximum Gasteiger partial charge on any atom is 0.280 e. The van der Waals surface area contributed by atoms with Crippen LogP contribution >= 0.6 is 0 Å². The van der Waals surface area contributed by atoms with Crippen molar-refractivity contribution in [2.24, 2.45) is 0 Å². The van der Waals surface area contributed by atoms with Crippen LogP contribution in [0.15, 0.2) is 77.0 Å². The van der Waals surface area contributed by atoms with E-state index in [1.54, 1.807) is 48.5 Å². The van der Waals surface area contributed by atoms with Crippen LogP contribution in [0, 0.1) is 0 Å². The number of benzene rings is 2. The third kappa shape index (κ3) is 3.16. The second kappa shape index (κ2) is 6.61. The van der Waals surface area contributed by atoms with Crippen LogP contribution in [-0.2, 0) is 14.6 Å². The van der Waals surface area contributed by atoms with E-state index in [2.05, 4.69) is 0 Å². The van der Waals surface area contributed by atoms with Crippen LogP contribution in [0.2, 0.25) is 0 Å². The molecule has 2 amide bonds. The second-order valence-electron chi connectivity index (χ2n) is 5.70. The largest absolute Gasteiger partial charge is 0.504 e. The fourth-order valence-corrected chi connectivity index (χ4v) is 3.48. The van der Waals surface area contributed by atoms with Crippen LogP contribution < -0.4 is 0 Å². The van der Waals surface area contributed by atoms with Crippen LogP contribution in [-0.4, -0.2) is 36.5 Å². The number of carbonyl (C=O) groups is 2. The Morgan fingerprint density at radius 2 is 1.54 bits per heavy atom. The number of sulfone groups is 1. The molecule has 2 aromatic carbocycles. The van der Waals surface area contributed by atoms with Crippen LogP contribution in [0.25, 0.3) is 6.08 Å². The number of nitrogens with zero attached hydrogens (tertiary/aromatic N) is 1. The lowest BCUT2D eigenvalue weighted by atomic mass is 10.1. The van der Waals surface area contributed by atoms with Gasteiger partial charge in [0.15, 0.2) is 20.5 Å². The number of amides is 2. The molecule has 3 rings (SSSR count). The first kappa shape index (κ1) is 17.6. The van der Waals surface area contributed by atoms with Gasteiger partial charge < -0.3 is 5.11 Å². The van der Waals surface area contributed by atoms with Gasteiger partial charge in [-0.15, -0.1) is 0 Å². The predicted octanol–water partition coefficient (Wildman–Crippen LogP) is 2.52. The van der Waals surface area contributed by atoms with Crippen molar-refractivity contribution in [3.8, 4) is 0 Å². The molecule has 0 spiro atoms. The van der Waals surface area contributed by atoms with Crippen molar-refractivity contribution >= 4 is 27.7 Å². The Hall–Kier alpha value is -3.19. The van der Waals surface area contributed by atoms with Crippen molar-refractivity contribution in [3.05, 3.63) is 88.2 Å². The summed E-state index contributed by atoms with van der Waals surface area (Å²) >= 11 is 0. The molecule has 0 saturated carbocycles. The van der Waals surface area contributed by atoms with Crippen LogP contribution in [0.1, 0.15) is 15.9 Å². The van der Waals surface area contributed by atoms with Gasteiger partial charge in [0.25, 0.3) is 11.8 Å². The summed E-state index contributed by atoms with van der Waals surface area (Å²) in [4.78, 5) is 25.4. The molecule has 0 radical (unpaired) electrons. The SMILES string of the molecule is CS(=O)(=O)C1=C(O)/C(=C\c2ccccc2)N(C(=O)c2ccccc2)C1=O. The fraction of sp³-hybridized carbons (Fsp3) is 0.0526. The van der Waals surface area contributed by atoms with E-state index in [0.717, 1.165) is 6.26 Å². The molecule has 1 aliphatic heterocycles. The number of imide groups is 1. The van der Waals surface area contributed by atoms with Crippen molar-refractivity contribution in [1.29, 1.82) is 0 Å². The summed E-state index contributed by atoms with van der Waals surface area (Å²) < 4.78 is 23.9. The standard InChI is InChI=1S/C19H15NO5S/c1-26(24,25)17-16(21)15(12-13-8-4-2-5-9-13)20(19(17)23)18(22)14-10-6-3-7-11-14/h2-12,21H,1H3/b15-12+. The van der Waals surface area contributed by atoms with E-state index in [9.17, 15) is 23.1 Å². The first-order chi connectivity index (χ1) is 12.3. The fourth-order valence-electron chi connectivity index (χ4n) is 2.62. The highest BCUT2D eigenvalue weighted by molar-refractivity contribution is 7.95. The molecule has 0 saturated heterocycles. The first-order valence-electron chi connectivity index (χ1n) is 7.65. The van der Waals surface area contributed by atoms with Gasteiger partial charge in [0.1, 0.15) is 0 Å². The molecule has 0 fully saturated rings. The van der Waals surface area contributed by atoms with Gasteiger partial charge in [-0.3, -0.25) is 9.59 Å². The van der Waals surface area contributed by atoms with Crippen molar-refractivity contribution < 1.29 is 23.1 Å². The Balaban J connectivity index is 2.18. The quantitative estimate of drug-likeness (QED) is 0.840. The van der Waals surface area contributed by atoms with Crippen molar-refractivity contribution in [3.63, 3.8) is 0 Å². The van der Waals surface area contributed by atoms with Gasteiger partial charge >= 0.3 is 0 Å². The van der Waals surface area contributed by atoms with Gasteiger partial charge in [-0.05, 0) is 23.8 Å². The van der Waals surface area contributed by atoms with Crippen molar-refractivity contribution in [2.45, 2.75) is 0 Å². The summed E-state index contributed by atoms with van der Waals surface area (Å²) in [5.74, 6) is -2.52. The van der Waals surface area contributed by atoms with Gasteiger partial charge in [-0.1, -0.05) is 48.5 Å². The van der Waals surface area contributed by atoms with Crippen LogP contribution in [0.3, 0.4) is 0 Å². The zero-order valence-corrected chi connectivity index (χ0v) is 14.6. The first-order valence-corrected chi connectivity index (χ1v) is 9.54. The minimum atomic E-state index is -4.03. The normalized spacial score (nSPS) is 16.4. The summed E-state index contributed by atoms with van der Waals surface area (Å²) in [6.45, 7) is 0. The summed E-state index contributed by atoms with van der Waals surface area (Å²) in [5, 5.41) is 10.4. The monoisotopic (exact) mass is 369 g/mol. The average molecular weight is 369 g/mol. The van der Waals surface area contributed by atoms with E-state index < -0.39 is 32.3 Å². The van der Waals surface area contributed by atoms with Crippen LogP contribution in [0.5, 0.6) is 0 Å². The number of rotatable bonds is 3. The molecule has 132 valence electrons. The smallest absolute Gasteiger partial charge is 0.280 e. The molecular weight excluding hydrogens is 354 g/mol. The summed E-state index contributed by atoms with van der Waals surface area (Å²) in [5.41, 5.74) is 0.625. The van der Waals surface area contributed by atoms with E-state index in [1.807, 2.05) is 0 Å². The minimum absolute atomic E-state index is 0.171. The highest BCUT2D eigenvalue weighted by atomic mass is 32.2. The Bertz CT molecular complexity index is 1040. The second-order valence-corrected chi connectivity index (χ2v) is 7.65. The number of hydrogen-bond donors (Lipinski definition) is 1. The third-order valence-electron chi connectivity index (χ3n) is 3.79. The Morgan fingerprint density at radius 1 is 1.00 bits per heavy atom. The molecule has 26 heavy (non-hydrogen) atoms. The number of aliphatic hydroxyl groups excluding tert-OH is 1. The molecule has 7 heteroatoms. The molecule has 1 N–H and O–H groups in total. The number of carbonyl (C=O) groups excluding carboxylic acids is 2. The lowest BCUT2D eigenvalue weighted by Crippen LogP contribution is -2.33. The number of aliphatic hydroxyl groups is 1. The topological polar surface area (TPSA) is 91.8 Å². The molecule has 2 aromatic rings. The van der Waals surface area contributed by atoms with Crippen molar-refractivity contribution in [1.82, 2.24) is 4.90 Å². The zero-order chi connectivity index (χ0) is 18.9. The Labute approximate surface area is 150 Å². The molecule has 1 heterocycles. The highest BCUT2D eigenvalue weighted by Crippen LogP contribution is 2.33. The van der Waals surface area contributed by atoms with E-state index in [4.69, 9.17) is 0 Å². The van der Waals surface area contributed by atoms with Crippen LogP contribution in [0.4, 0.5) is 0 Å². The molecule has 0 bridgehead atoms. The van der Waals surface area contributed by atoms with Crippen molar-refractivity contribution in [2.75, 3.05) is 6.26 Å². The highest BCUT2D eigenvalue weighted by Gasteiger charge is 2.44. The van der Waals surface area contributed by atoms with E-state index in [0.29, 0.717) is 10.5 Å². The average Bonchev–Trinajstić information content (AvgIpc) is 2.86. The summed E-state index contributed by atoms with van der Waals surface area (Å²) in [7, 11) is -4.03. The maximum absolute atomic E-state index is 12.8. The van der Waals surface area contributed by atoms with E-state index >= 15 is 0 Å². The minimum Gasteiger partial charge on any atom is -0.504 e. The van der Waals surface area contributed by atoms with Gasteiger partial charge in [0, 0.05) is 11.8 Å². The molecule has 0 atom stereocenters. The molecule has 0 aromatic heterocycles. The van der Waals surface area contributed by atoms with E-state index in [-0.39, 0.29) is 11.3 Å². The van der Waals surface area contributed by atoms with Gasteiger partial charge in [0.05, 0.1) is 5.70 Å². The summed E-state index contributed by atoms with van der Waals surface area (Å²) in [6.07, 6.45) is 2.21. The van der Waals surface area contributed by atoms with Gasteiger partial charge in [-0.25, -0.2) is 13.3 Å². The third-order valence-corrected chi connectivity index (χ3v) is 4.90. The molecule has 0 unspecified atom stereocenters. The predicted molar refractivity (Wildman–Crippen MR) is 96.5 cm³/mol. The maximum atomic E-state index is 12.8. The molecular formula is C19H15NO5S.